The zero-order valence-corrected chi connectivity index (χ0v) is 11.4. The summed E-state index contributed by atoms with van der Waals surface area (Å²) in [6.45, 7) is 13.4. The molecule has 0 amide bonds. The van der Waals surface area contributed by atoms with E-state index in [0.29, 0.717) is 36.9 Å². The molecule has 96 valence electrons. The molecule has 0 aromatic carbocycles. The Labute approximate surface area is 99.5 Å². The van der Waals surface area contributed by atoms with Gasteiger partial charge in [-0.1, -0.05) is 41.5 Å². The van der Waals surface area contributed by atoms with Crippen molar-refractivity contribution in [3.05, 3.63) is 0 Å². The van der Waals surface area contributed by atoms with Crippen LogP contribution in [-0.2, 0) is 9.47 Å². The Morgan fingerprint density at radius 1 is 0.812 bits per heavy atom. The van der Waals surface area contributed by atoms with Gasteiger partial charge in [0.25, 0.3) is 0 Å². The van der Waals surface area contributed by atoms with Gasteiger partial charge in [0, 0.05) is 0 Å². The van der Waals surface area contributed by atoms with Gasteiger partial charge in [0.05, 0.1) is 13.2 Å². The molecule has 0 radical (unpaired) electrons. The van der Waals surface area contributed by atoms with Crippen LogP contribution < -0.4 is 0 Å². The van der Waals surface area contributed by atoms with E-state index in [9.17, 15) is 4.79 Å². The third kappa shape index (κ3) is 6.70. The zero-order valence-electron chi connectivity index (χ0n) is 11.4. The van der Waals surface area contributed by atoms with Gasteiger partial charge in [0.15, 0.2) is 0 Å². The third-order valence-corrected chi connectivity index (χ3v) is 3.20. The Balaban J connectivity index is 3.67. The van der Waals surface area contributed by atoms with E-state index < -0.39 is 6.16 Å². The zero-order chi connectivity index (χ0) is 12.7. The molecule has 0 aliphatic heterocycles. The lowest BCUT2D eigenvalue weighted by Crippen LogP contribution is -2.20. The monoisotopic (exact) mass is 230 g/mol. The highest BCUT2D eigenvalue weighted by atomic mass is 16.7. The molecule has 0 spiro atoms. The largest absolute Gasteiger partial charge is 0.508 e. The molecule has 0 bridgehead atoms. The number of rotatable bonds is 6. The molecule has 2 atom stereocenters. The molecule has 16 heavy (non-hydrogen) atoms. The van der Waals surface area contributed by atoms with Crippen LogP contribution in [0.25, 0.3) is 0 Å². The maximum Gasteiger partial charge on any atom is 0.508 e. The van der Waals surface area contributed by atoms with Crippen LogP contribution >= 0.6 is 0 Å². The first-order chi connectivity index (χ1) is 7.34. The molecular formula is C13H26O3. The number of carbonyl (C=O) groups is 1. The topological polar surface area (TPSA) is 35.5 Å². The van der Waals surface area contributed by atoms with E-state index in [1.54, 1.807) is 0 Å². The van der Waals surface area contributed by atoms with Gasteiger partial charge < -0.3 is 9.47 Å². The smallest absolute Gasteiger partial charge is 0.434 e. The van der Waals surface area contributed by atoms with E-state index in [0.717, 1.165) is 0 Å². The van der Waals surface area contributed by atoms with Crippen molar-refractivity contribution in [2.24, 2.45) is 23.7 Å². The van der Waals surface area contributed by atoms with E-state index >= 15 is 0 Å². The van der Waals surface area contributed by atoms with Gasteiger partial charge in [-0.2, -0.15) is 0 Å². The summed E-state index contributed by atoms with van der Waals surface area (Å²) >= 11 is 0. The van der Waals surface area contributed by atoms with Crippen LogP contribution in [0, 0.1) is 23.7 Å². The van der Waals surface area contributed by atoms with Gasteiger partial charge in [-0.25, -0.2) is 4.79 Å². The number of hydrogen-bond acceptors (Lipinski definition) is 3. The Morgan fingerprint density at radius 2 is 1.12 bits per heavy atom. The van der Waals surface area contributed by atoms with E-state index in [-0.39, 0.29) is 0 Å². The molecule has 0 N–H and O–H groups in total. The number of ether oxygens (including phenoxy) is 2. The van der Waals surface area contributed by atoms with Gasteiger partial charge in [-0.3, -0.25) is 0 Å². The summed E-state index contributed by atoms with van der Waals surface area (Å²) in [6, 6.07) is 0. The van der Waals surface area contributed by atoms with Crippen molar-refractivity contribution in [3.8, 4) is 0 Å². The molecule has 3 nitrogen and oxygen atoms in total. The second kappa shape index (κ2) is 7.53. The van der Waals surface area contributed by atoms with Crippen molar-refractivity contribution in [2.45, 2.75) is 41.5 Å². The van der Waals surface area contributed by atoms with E-state index in [4.69, 9.17) is 9.47 Å². The summed E-state index contributed by atoms with van der Waals surface area (Å²) in [5, 5.41) is 0. The Bertz CT molecular complexity index is 179. The quantitative estimate of drug-likeness (QED) is 0.652. The van der Waals surface area contributed by atoms with Crippen LogP contribution in [0.5, 0.6) is 0 Å². The summed E-state index contributed by atoms with van der Waals surface area (Å²) in [5.41, 5.74) is 0. The van der Waals surface area contributed by atoms with Gasteiger partial charge >= 0.3 is 6.16 Å². The molecule has 0 aromatic heterocycles. The predicted octanol–water partition coefficient (Wildman–Crippen LogP) is 3.72. The summed E-state index contributed by atoms with van der Waals surface area (Å²) in [7, 11) is 0. The van der Waals surface area contributed by atoms with Gasteiger partial charge in [0.2, 0.25) is 0 Å². The summed E-state index contributed by atoms with van der Waals surface area (Å²) in [6.07, 6.45) is -0.542. The maximum absolute atomic E-state index is 11.3. The third-order valence-electron chi connectivity index (χ3n) is 3.20. The fourth-order valence-electron chi connectivity index (χ4n) is 0.826. The van der Waals surface area contributed by atoms with Crippen LogP contribution in [0.3, 0.4) is 0 Å². The predicted molar refractivity (Wildman–Crippen MR) is 65.3 cm³/mol. The fourth-order valence-corrected chi connectivity index (χ4v) is 0.826. The van der Waals surface area contributed by atoms with Crippen molar-refractivity contribution in [3.63, 3.8) is 0 Å². The van der Waals surface area contributed by atoms with Crippen molar-refractivity contribution >= 4 is 6.16 Å². The molecule has 0 aromatic rings. The molecule has 0 aliphatic rings. The van der Waals surface area contributed by atoms with Gasteiger partial charge in [-0.15, -0.1) is 0 Å². The Kier molecular flexibility index (Phi) is 7.18. The minimum absolute atomic E-state index is 0.370. The van der Waals surface area contributed by atoms with E-state index in [2.05, 4.69) is 41.5 Å². The second-order valence-corrected chi connectivity index (χ2v) is 5.31. The van der Waals surface area contributed by atoms with Gasteiger partial charge in [-0.05, 0) is 23.7 Å². The highest BCUT2D eigenvalue weighted by Gasteiger charge is 2.14. The fraction of sp³-hybridized carbons (Fsp3) is 0.923. The highest BCUT2D eigenvalue weighted by molar-refractivity contribution is 5.59. The van der Waals surface area contributed by atoms with Crippen LogP contribution in [0.2, 0.25) is 0 Å². The standard InChI is InChI=1S/C13H26O3/c1-9(2)11(5)7-15-13(14)16-8-12(6)10(3)4/h9-12H,7-8H2,1-6H3. The first-order valence-corrected chi connectivity index (χ1v) is 6.14. The molecule has 0 saturated carbocycles. The van der Waals surface area contributed by atoms with Crippen molar-refractivity contribution in [2.75, 3.05) is 13.2 Å². The number of hydrogen-bond donors (Lipinski definition) is 0. The van der Waals surface area contributed by atoms with Crippen LogP contribution in [-0.4, -0.2) is 19.4 Å². The minimum Gasteiger partial charge on any atom is -0.434 e. The van der Waals surface area contributed by atoms with Crippen LogP contribution in [0.4, 0.5) is 4.79 Å². The van der Waals surface area contributed by atoms with Gasteiger partial charge in [0.1, 0.15) is 0 Å². The average molecular weight is 230 g/mol. The van der Waals surface area contributed by atoms with Crippen LogP contribution in [0.15, 0.2) is 0 Å². The molecule has 0 fully saturated rings. The summed E-state index contributed by atoms with van der Waals surface area (Å²) in [4.78, 5) is 11.3. The highest BCUT2D eigenvalue weighted by Crippen LogP contribution is 2.12. The molecular weight excluding hydrogens is 204 g/mol. The minimum atomic E-state index is -0.542. The lowest BCUT2D eigenvalue weighted by atomic mass is 9.99. The molecule has 0 rings (SSSR count). The number of carbonyl (C=O) groups excluding carboxylic acids is 1. The molecule has 0 aliphatic carbocycles. The summed E-state index contributed by atoms with van der Waals surface area (Å²) < 4.78 is 10.1. The molecule has 0 saturated heterocycles. The molecule has 0 heterocycles. The Morgan fingerprint density at radius 3 is 1.38 bits per heavy atom. The molecule has 3 heteroatoms. The van der Waals surface area contributed by atoms with Crippen molar-refractivity contribution < 1.29 is 14.3 Å². The lowest BCUT2D eigenvalue weighted by Gasteiger charge is -2.17. The van der Waals surface area contributed by atoms with E-state index in [1.165, 1.54) is 0 Å². The van der Waals surface area contributed by atoms with E-state index in [1.807, 2.05) is 0 Å². The second-order valence-electron chi connectivity index (χ2n) is 5.31. The van der Waals surface area contributed by atoms with Crippen LogP contribution in [0.1, 0.15) is 41.5 Å². The maximum atomic E-state index is 11.3. The first kappa shape index (κ1) is 15.3. The van der Waals surface area contributed by atoms with Crippen molar-refractivity contribution in [1.29, 1.82) is 0 Å². The van der Waals surface area contributed by atoms with Crippen molar-refractivity contribution in [1.82, 2.24) is 0 Å². The SMILES string of the molecule is CC(C)C(C)COC(=O)OCC(C)C(C)C. The first-order valence-electron chi connectivity index (χ1n) is 6.14. The average Bonchev–Trinajstić information content (AvgIpc) is 2.21. The normalized spacial score (nSPS) is 15.0. The lowest BCUT2D eigenvalue weighted by molar-refractivity contribution is 0.0293. The molecule has 2 unspecified atom stereocenters. The summed E-state index contributed by atoms with van der Waals surface area (Å²) in [5.74, 6) is 1.77. The Hall–Kier alpha value is -0.730.